The van der Waals surface area contributed by atoms with Crippen molar-refractivity contribution in [2.75, 3.05) is 69.8 Å². The number of piperidine rings is 1. The molecule has 0 aromatic carbocycles. The van der Waals surface area contributed by atoms with Gasteiger partial charge in [0.25, 0.3) is 5.91 Å². The maximum Gasteiger partial charge on any atom is 0.410 e. The lowest BCUT2D eigenvalue weighted by atomic mass is 9.91. The third-order valence-electron chi connectivity index (χ3n) is 7.69. The SMILES string of the molecule is CC(C)CN(C(=O)c1cnc(C(C)(C)C)nc1NCCCS(C)(=O)=O)[C@H]1C[C@@H](C(=O)N2CCOCC2)CN(C(=O)OC(C)(C)C)C1. The van der Waals surface area contributed by atoms with Crippen LogP contribution in [0.15, 0.2) is 6.20 Å². The predicted molar refractivity (Wildman–Crippen MR) is 177 cm³/mol. The van der Waals surface area contributed by atoms with E-state index in [2.05, 4.69) is 10.3 Å². The summed E-state index contributed by atoms with van der Waals surface area (Å²) in [6, 6.07) is -0.480. The Hall–Kier alpha value is -3.00. The van der Waals surface area contributed by atoms with Gasteiger partial charge < -0.3 is 29.5 Å². The molecule has 2 aliphatic heterocycles. The Balaban J connectivity index is 1.99. The summed E-state index contributed by atoms with van der Waals surface area (Å²) >= 11 is 0. The van der Waals surface area contributed by atoms with E-state index in [1.807, 2.05) is 34.6 Å². The van der Waals surface area contributed by atoms with Gasteiger partial charge in [-0.3, -0.25) is 9.59 Å². The van der Waals surface area contributed by atoms with Crippen molar-refractivity contribution < 1.29 is 32.3 Å². The lowest BCUT2D eigenvalue weighted by Gasteiger charge is -2.44. The van der Waals surface area contributed by atoms with Crippen LogP contribution in [0.3, 0.4) is 0 Å². The van der Waals surface area contributed by atoms with Gasteiger partial charge in [-0.25, -0.2) is 23.2 Å². The molecule has 0 aliphatic carbocycles. The van der Waals surface area contributed by atoms with Crippen LogP contribution < -0.4 is 5.32 Å². The van der Waals surface area contributed by atoms with Gasteiger partial charge >= 0.3 is 6.09 Å². The number of amides is 3. The van der Waals surface area contributed by atoms with Gasteiger partial charge in [0.1, 0.15) is 32.6 Å². The molecule has 2 saturated heterocycles. The van der Waals surface area contributed by atoms with Crippen molar-refractivity contribution in [3.63, 3.8) is 0 Å². The molecule has 2 fully saturated rings. The van der Waals surface area contributed by atoms with E-state index in [0.717, 1.165) is 0 Å². The van der Waals surface area contributed by atoms with Gasteiger partial charge in [0, 0.05) is 57.1 Å². The first-order chi connectivity index (χ1) is 21.2. The molecule has 2 atom stereocenters. The third kappa shape index (κ3) is 11.1. The summed E-state index contributed by atoms with van der Waals surface area (Å²) in [5.41, 5.74) is -0.879. The van der Waals surface area contributed by atoms with Gasteiger partial charge in [-0.15, -0.1) is 0 Å². The number of sulfone groups is 1. The lowest BCUT2D eigenvalue weighted by Crippen LogP contribution is -2.58. The molecular weight excluding hydrogens is 612 g/mol. The standard InChI is InChI=1S/C32H54N6O7S/c1-22(2)19-38(28(40)25-18-34-29(31(3,4)5)35-26(25)33-11-10-16-46(9,42)43)24-17-23(27(39)36-12-14-44-15-13-36)20-37(21-24)30(41)45-32(6,7)8/h18,22-24H,10-17,19-21H2,1-9H3,(H,33,34,35)/t23-,24+/m1/s1. The molecule has 1 N–H and O–H groups in total. The molecule has 0 spiro atoms. The summed E-state index contributed by atoms with van der Waals surface area (Å²) in [4.78, 5) is 55.9. The van der Waals surface area contributed by atoms with E-state index in [9.17, 15) is 22.8 Å². The number of nitrogens with zero attached hydrogens (tertiary/aromatic N) is 5. The number of hydrogen-bond acceptors (Lipinski definition) is 10. The normalized spacial score (nSPS) is 19.6. The molecule has 3 rings (SSSR count). The first kappa shape index (κ1) is 37.5. The highest BCUT2D eigenvalue weighted by atomic mass is 32.2. The largest absolute Gasteiger partial charge is 0.444 e. The Labute approximate surface area is 274 Å². The number of aromatic nitrogens is 2. The van der Waals surface area contributed by atoms with E-state index in [-0.39, 0.29) is 42.1 Å². The van der Waals surface area contributed by atoms with Crippen LogP contribution in [0.1, 0.15) is 84.4 Å². The van der Waals surface area contributed by atoms with Crippen LogP contribution in [-0.2, 0) is 29.5 Å². The molecule has 0 saturated carbocycles. The zero-order valence-electron chi connectivity index (χ0n) is 29.1. The molecule has 14 heteroatoms. The molecule has 13 nitrogen and oxygen atoms in total. The molecule has 260 valence electrons. The number of ether oxygens (including phenoxy) is 2. The minimum atomic E-state index is -3.15. The minimum Gasteiger partial charge on any atom is -0.444 e. The first-order valence-electron chi connectivity index (χ1n) is 16.2. The lowest BCUT2D eigenvalue weighted by molar-refractivity contribution is -0.142. The van der Waals surface area contributed by atoms with Gasteiger partial charge in [-0.05, 0) is 39.5 Å². The molecule has 2 aliphatic rings. The number of anilines is 1. The minimum absolute atomic E-state index is 0.00109. The predicted octanol–water partition coefficient (Wildman–Crippen LogP) is 3.20. The molecule has 1 aromatic heterocycles. The number of morpholine rings is 1. The molecular formula is C32H54N6O7S. The fourth-order valence-corrected chi connectivity index (χ4v) is 6.18. The summed E-state index contributed by atoms with van der Waals surface area (Å²) in [6.45, 7) is 18.3. The molecule has 0 unspecified atom stereocenters. The van der Waals surface area contributed by atoms with Crippen LogP contribution in [0.25, 0.3) is 0 Å². The summed E-state index contributed by atoms with van der Waals surface area (Å²) in [5, 5.41) is 3.19. The van der Waals surface area contributed by atoms with Gasteiger partial charge in [0.15, 0.2) is 0 Å². The van der Waals surface area contributed by atoms with Crippen molar-refractivity contribution in [3.8, 4) is 0 Å². The van der Waals surface area contributed by atoms with Crippen molar-refractivity contribution in [1.82, 2.24) is 24.7 Å². The Morgan fingerprint density at radius 2 is 1.74 bits per heavy atom. The van der Waals surface area contributed by atoms with E-state index in [4.69, 9.17) is 14.5 Å². The molecule has 46 heavy (non-hydrogen) atoms. The van der Waals surface area contributed by atoms with Crippen molar-refractivity contribution in [2.24, 2.45) is 11.8 Å². The number of rotatable bonds is 10. The highest BCUT2D eigenvalue weighted by molar-refractivity contribution is 7.90. The molecule has 0 radical (unpaired) electrons. The molecule has 3 heterocycles. The highest BCUT2D eigenvalue weighted by Gasteiger charge is 2.41. The smallest absolute Gasteiger partial charge is 0.410 e. The quantitative estimate of drug-likeness (QED) is 0.369. The van der Waals surface area contributed by atoms with E-state index in [1.54, 1.807) is 35.5 Å². The monoisotopic (exact) mass is 666 g/mol. The summed E-state index contributed by atoms with van der Waals surface area (Å²) in [5.74, 6) is 0.0252. The van der Waals surface area contributed by atoms with Crippen molar-refractivity contribution in [2.45, 2.75) is 85.3 Å². The maximum atomic E-state index is 14.5. The van der Waals surface area contributed by atoms with Gasteiger partial charge in [0.05, 0.1) is 30.9 Å². The Morgan fingerprint density at radius 1 is 1.09 bits per heavy atom. The highest BCUT2D eigenvalue weighted by Crippen LogP contribution is 2.29. The number of carbonyl (C=O) groups is 3. The summed E-state index contributed by atoms with van der Waals surface area (Å²) in [6.07, 6.45) is 2.91. The van der Waals surface area contributed by atoms with E-state index >= 15 is 0 Å². The van der Waals surface area contributed by atoms with E-state index in [1.165, 1.54) is 12.5 Å². The average molecular weight is 667 g/mol. The van der Waals surface area contributed by atoms with Crippen LogP contribution in [0.4, 0.5) is 10.6 Å². The van der Waals surface area contributed by atoms with E-state index < -0.39 is 38.9 Å². The number of carbonyl (C=O) groups excluding carboxylic acids is 3. The van der Waals surface area contributed by atoms with Crippen LogP contribution >= 0.6 is 0 Å². The Bertz CT molecular complexity index is 1330. The second-order valence-corrected chi connectivity index (χ2v) is 17.1. The van der Waals surface area contributed by atoms with Crippen molar-refractivity contribution in [1.29, 1.82) is 0 Å². The van der Waals surface area contributed by atoms with Crippen molar-refractivity contribution in [3.05, 3.63) is 17.6 Å². The Kier molecular flexibility index (Phi) is 12.4. The van der Waals surface area contributed by atoms with Crippen LogP contribution in [0.2, 0.25) is 0 Å². The number of hydrogen-bond donors (Lipinski definition) is 1. The van der Waals surface area contributed by atoms with Crippen molar-refractivity contribution >= 4 is 33.6 Å². The summed E-state index contributed by atoms with van der Waals surface area (Å²) in [7, 11) is -3.15. The fourth-order valence-electron chi connectivity index (χ4n) is 5.52. The average Bonchev–Trinajstić information content (AvgIpc) is 2.95. The second-order valence-electron chi connectivity index (χ2n) is 14.9. The third-order valence-corrected chi connectivity index (χ3v) is 8.72. The van der Waals surface area contributed by atoms with Gasteiger partial charge in [-0.2, -0.15) is 0 Å². The zero-order chi connectivity index (χ0) is 34.4. The van der Waals surface area contributed by atoms with Crippen LogP contribution in [0, 0.1) is 11.8 Å². The van der Waals surface area contributed by atoms with Crippen LogP contribution in [0.5, 0.6) is 0 Å². The zero-order valence-corrected chi connectivity index (χ0v) is 29.9. The van der Waals surface area contributed by atoms with Gasteiger partial charge in [-0.1, -0.05) is 34.6 Å². The first-order valence-corrected chi connectivity index (χ1v) is 18.3. The summed E-state index contributed by atoms with van der Waals surface area (Å²) < 4.78 is 34.6. The fraction of sp³-hybridized carbons (Fsp3) is 0.781. The Morgan fingerprint density at radius 3 is 2.30 bits per heavy atom. The molecule has 1 aromatic rings. The van der Waals surface area contributed by atoms with Crippen LogP contribution in [-0.4, -0.2) is 127 Å². The molecule has 3 amide bonds. The maximum absolute atomic E-state index is 14.5. The molecule has 0 bridgehead atoms. The van der Waals surface area contributed by atoms with E-state index in [0.29, 0.717) is 63.9 Å². The number of nitrogens with one attached hydrogen (secondary N) is 1. The number of likely N-dealkylation sites (tertiary alicyclic amines) is 1. The topological polar surface area (TPSA) is 151 Å². The second kappa shape index (κ2) is 15.3. The van der Waals surface area contributed by atoms with Gasteiger partial charge in [0.2, 0.25) is 5.91 Å².